The van der Waals surface area contributed by atoms with E-state index in [0.717, 1.165) is 15.7 Å². The van der Waals surface area contributed by atoms with E-state index in [4.69, 9.17) is 4.74 Å². The second-order valence-electron chi connectivity index (χ2n) is 5.44. The Labute approximate surface area is 127 Å². The summed E-state index contributed by atoms with van der Waals surface area (Å²) >= 11 is 3.35. The number of esters is 1. The molecule has 1 aromatic carbocycles. The summed E-state index contributed by atoms with van der Waals surface area (Å²) < 4.78 is 6.26. The molecule has 4 heteroatoms. The van der Waals surface area contributed by atoms with Gasteiger partial charge in [0.25, 0.3) is 0 Å². The molecule has 1 heterocycles. The molecule has 20 heavy (non-hydrogen) atoms. The van der Waals surface area contributed by atoms with E-state index in [1.54, 1.807) is 18.3 Å². The second-order valence-corrected chi connectivity index (χ2v) is 6.36. The van der Waals surface area contributed by atoms with E-state index >= 15 is 0 Å². The van der Waals surface area contributed by atoms with E-state index in [2.05, 4.69) is 20.9 Å². The topological polar surface area (TPSA) is 39.2 Å². The minimum absolute atomic E-state index is 0.312. The molecule has 0 amide bonds. The van der Waals surface area contributed by atoms with Crippen LogP contribution in [0.25, 0.3) is 11.3 Å². The molecule has 1 aromatic heterocycles. The second kappa shape index (κ2) is 5.75. The summed E-state index contributed by atoms with van der Waals surface area (Å²) in [5, 5.41) is 0. The first-order valence-electron chi connectivity index (χ1n) is 6.30. The molecule has 0 aliphatic carbocycles. The van der Waals surface area contributed by atoms with Crippen molar-refractivity contribution in [1.82, 2.24) is 4.98 Å². The quantitative estimate of drug-likeness (QED) is 0.761. The monoisotopic (exact) mass is 333 g/mol. The van der Waals surface area contributed by atoms with Gasteiger partial charge in [0.05, 0.1) is 11.3 Å². The fraction of sp³-hybridized carbons (Fsp3) is 0.250. The van der Waals surface area contributed by atoms with Crippen molar-refractivity contribution in [2.45, 2.75) is 26.4 Å². The summed E-state index contributed by atoms with van der Waals surface area (Å²) in [6.07, 6.45) is 1.75. The average Bonchev–Trinajstić information content (AvgIpc) is 2.38. The van der Waals surface area contributed by atoms with Gasteiger partial charge in [0.1, 0.15) is 5.60 Å². The molecule has 0 fully saturated rings. The summed E-state index contributed by atoms with van der Waals surface area (Å²) in [6, 6.07) is 11.1. The smallest absolute Gasteiger partial charge is 0.338 e. The molecule has 0 saturated heterocycles. The number of rotatable bonds is 2. The number of carbonyl (C=O) groups excluding carboxylic acids is 1. The minimum atomic E-state index is -0.483. The number of carbonyl (C=O) groups is 1. The number of ether oxygens (including phenoxy) is 1. The Kier molecular flexibility index (Phi) is 4.23. The van der Waals surface area contributed by atoms with Crippen LogP contribution in [-0.4, -0.2) is 16.6 Å². The molecule has 104 valence electrons. The average molecular weight is 334 g/mol. The largest absolute Gasteiger partial charge is 0.456 e. The lowest BCUT2D eigenvalue weighted by Crippen LogP contribution is -2.23. The predicted octanol–water partition coefficient (Wildman–Crippen LogP) is 4.47. The molecule has 0 aliphatic rings. The van der Waals surface area contributed by atoms with Crippen LogP contribution in [-0.2, 0) is 4.74 Å². The summed E-state index contributed by atoms with van der Waals surface area (Å²) in [4.78, 5) is 16.2. The molecule has 2 rings (SSSR count). The summed E-state index contributed by atoms with van der Waals surface area (Å²) in [6.45, 7) is 5.56. The van der Waals surface area contributed by atoms with Crippen LogP contribution < -0.4 is 0 Å². The van der Waals surface area contributed by atoms with Crippen molar-refractivity contribution in [3.8, 4) is 11.3 Å². The molecule has 0 radical (unpaired) electrons. The number of halogens is 1. The van der Waals surface area contributed by atoms with Crippen molar-refractivity contribution in [2.75, 3.05) is 0 Å². The van der Waals surface area contributed by atoms with Gasteiger partial charge in [0.15, 0.2) is 0 Å². The maximum absolute atomic E-state index is 11.9. The van der Waals surface area contributed by atoms with Gasteiger partial charge in [-0.2, -0.15) is 0 Å². The summed E-state index contributed by atoms with van der Waals surface area (Å²) in [7, 11) is 0. The highest BCUT2D eigenvalue weighted by Crippen LogP contribution is 2.20. The van der Waals surface area contributed by atoms with Gasteiger partial charge in [0, 0.05) is 16.2 Å². The van der Waals surface area contributed by atoms with Crippen molar-refractivity contribution in [3.05, 3.63) is 52.6 Å². The van der Waals surface area contributed by atoms with Crippen molar-refractivity contribution in [3.63, 3.8) is 0 Å². The van der Waals surface area contributed by atoms with Gasteiger partial charge < -0.3 is 4.74 Å². The number of nitrogens with zero attached hydrogens (tertiary/aromatic N) is 1. The lowest BCUT2D eigenvalue weighted by Gasteiger charge is -2.19. The van der Waals surface area contributed by atoms with Gasteiger partial charge in [-0.3, -0.25) is 4.98 Å². The van der Waals surface area contributed by atoms with Gasteiger partial charge in [-0.1, -0.05) is 12.1 Å². The molecule has 0 aliphatic heterocycles. The van der Waals surface area contributed by atoms with Gasteiger partial charge in [-0.05, 0) is 61.0 Å². The summed E-state index contributed by atoms with van der Waals surface area (Å²) in [5.41, 5.74) is 1.89. The Balaban J connectivity index is 2.18. The van der Waals surface area contributed by atoms with Crippen LogP contribution in [0.3, 0.4) is 0 Å². The molecular formula is C16H16BrNO2. The molecule has 0 atom stereocenters. The van der Waals surface area contributed by atoms with E-state index < -0.39 is 5.60 Å². The highest BCUT2D eigenvalue weighted by atomic mass is 79.9. The minimum Gasteiger partial charge on any atom is -0.456 e. The Morgan fingerprint density at radius 3 is 2.25 bits per heavy atom. The third kappa shape index (κ3) is 3.90. The van der Waals surface area contributed by atoms with Gasteiger partial charge in [0.2, 0.25) is 0 Å². The lowest BCUT2D eigenvalue weighted by molar-refractivity contribution is 0.00696. The maximum Gasteiger partial charge on any atom is 0.338 e. The van der Waals surface area contributed by atoms with Crippen molar-refractivity contribution >= 4 is 21.9 Å². The molecular weight excluding hydrogens is 318 g/mol. The third-order valence-electron chi connectivity index (χ3n) is 2.54. The molecule has 0 spiro atoms. The van der Waals surface area contributed by atoms with E-state index in [0.29, 0.717) is 5.56 Å². The van der Waals surface area contributed by atoms with Gasteiger partial charge in [-0.15, -0.1) is 0 Å². The SMILES string of the molecule is CC(C)(C)OC(=O)c1ccc(-c2ccc(Br)cn2)cc1. The van der Waals surface area contributed by atoms with Crippen LogP contribution in [0.2, 0.25) is 0 Å². The molecule has 0 bridgehead atoms. The van der Waals surface area contributed by atoms with Crippen LogP contribution in [0.15, 0.2) is 47.1 Å². The number of hydrogen-bond donors (Lipinski definition) is 0. The summed E-state index contributed by atoms with van der Waals surface area (Å²) in [5.74, 6) is -0.312. The maximum atomic E-state index is 11.9. The molecule has 3 nitrogen and oxygen atoms in total. The third-order valence-corrected chi connectivity index (χ3v) is 3.01. The first-order chi connectivity index (χ1) is 9.35. The molecule has 0 unspecified atom stereocenters. The van der Waals surface area contributed by atoms with Crippen LogP contribution in [0.1, 0.15) is 31.1 Å². The lowest BCUT2D eigenvalue weighted by atomic mass is 10.1. The Bertz CT molecular complexity index is 598. The van der Waals surface area contributed by atoms with E-state index in [-0.39, 0.29) is 5.97 Å². The van der Waals surface area contributed by atoms with Crippen LogP contribution in [0.4, 0.5) is 0 Å². The number of pyridine rings is 1. The number of hydrogen-bond acceptors (Lipinski definition) is 3. The van der Waals surface area contributed by atoms with Crippen LogP contribution in [0.5, 0.6) is 0 Å². The van der Waals surface area contributed by atoms with Crippen molar-refractivity contribution in [2.24, 2.45) is 0 Å². The fourth-order valence-electron chi connectivity index (χ4n) is 1.66. The fourth-order valence-corrected chi connectivity index (χ4v) is 1.90. The Morgan fingerprint density at radius 1 is 1.10 bits per heavy atom. The van der Waals surface area contributed by atoms with Gasteiger partial charge >= 0.3 is 5.97 Å². The van der Waals surface area contributed by atoms with Crippen molar-refractivity contribution in [1.29, 1.82) is 0 Å². The highest BCUT2D eigenvalue weighted by Gasteiger charge is 2.17. The van der Waals surface area contributed by atoms with Crippen LogP contribution in [0, 0.1) is 0 Å². The highest BCUT2D eigenvalue weighted by molar-refractivity contribution is 9.10. The molecule has 0 saturated carbocycles. The normalized spacial score (nSPS) is 11.2. The van der Waals surface area contributed by atoms with Gasteiger partial charge in [-0.25, -0.2) is 4.79 Å². The Morgan fingerprint density at radius 2 is 1.75 bits per heavy atom. The predicted molar refractivity (Wildman–Crippen MR) is 82.5 cm³/mol. The zero-order valence-electron chi connectivity index (χ0n) is 11.7. The number of benzene rings is 1. The number of aromatic nitrogens is 1. The zero-order chi connectivity index (χ0) is 14.8. The van der Waals surface area contributed by atoms with E-state index in [1.165, 1.54) is 0 Å². The molecule has 2 aromatic rings. The van der Waals surface area contributed by atoms with E-state index in [1.807, 2.05) is 45.0 Å². The molecule has 0 N–H and O–H groups in total. The zero-order valence-corrected chi connectivity index (χ0v) is 13.3. The van der Waals surface area contributed by atoms with E-state index in [9.17, 15) is 4.79 Å². The first kappa shape index (κ1) is 14.7. The first-order valence-corrected chi connectivity index (χ1v) is 7.10. The Hall–Kier alpha value is -1.68. The van der Waals surface area contributed by atoms with Crippen molar-refractivity contribution < 1.29 is 9.53 Å². The van der Waals surface area contributed by atoms with Crippen LogP contribution >= 0.6 is 15.9 Å². The standard InChI is InChI=1S/C16H16BrNO2/c1-16(2,3)20-15(19)12-6-4-11(5-7-12)14-9-8-13(17)10-18-14/h4-10H,1-3H3.